The molecule has 0 bridgehead atoms. The summed E-state index contributed by atoms with van der Waals surface area (Å²) in [6.45, 7) is 0.246. The second-order valence-corrected chi connectivity index (χ2v) is 6.37. The van der Waals surface area contributed by atoms with E-state index in [1.54, 1.807) is 18.3 Å². The van der Waals surface area contributed by atoms with Gasteiger partial charge >= 0.3 is 6.18 Å². The first kappa shape index (κ1) is 20.7. The van der Waals surface area contributed by atoms with Gasteiger partial charge in [0.1, 0.15) is 18.1 Å². The van der Waals surface area contributed by atoms with E-state index >= 15 is 0 Å². The van der Waals surface area contributed by atoms with Gasteiger partial charge in [-0.15, -0.1) is 0 Å². The summed E-state index contributed by atoms with van der Waals surface area (Å²) in [6.07, 6.45) is -2.61. The fourth-order valence-corrected chi connectivity index (χ4v) is 2.64. The summed E-state index contributed by atoms with van der Waals surface area (Å²) >= 11 is 0. The highest BCUT2D eigenvalue weighted by Gasteiger charge is 2.28. The lowest BCUT2D eigenvalue weighted by Crippen LogP contribution is -2.19. The minimum absolute atomic E-state index is 0.194. The van der Waals surface area contributed by atoms with Crippen molar-refractivity contribution in [1.29, 1.82) is 0 Å². The second-order valence-electron chi connectivity index (χ2n) is 6.37. The topological polar surface area (TPSA) is 43.4 Å². The van der Waals surface area contributed by atoms with E-state index in [4.69, 9.17) is 9.47 Å². The molecule has 1 heterocycles. The Kier molecular flexibility index (Phi) is 7.08. The van der Waals surface area contributed by atoms with Crippen LogP contribution in [0, 0.1) is 0 Å². The highest BCUT2D eigenvalue weighted by Crippen LogP contribution is 2.20. The maximum absolute atomic E-state index is 12.2. The smallest absolute Gasteiger partial charge is 0.422 e. The molecule has 0 fully saturated rings. The van der Waals surface area contributed by atoms with E-state index in [1.165, 1.54) is 12.1 Å². The summed E-state index contributed by atoms with van der Waals surface area (Å²) in [5.74, 6) is 0.973. The molecule has 152 valence electrons. The molecule has 0 spiro atoms. The maximum Gasteiger partial charge on any atom is 0.422 e. The first-order chi connectivity index (χ1) is 14.0. The van der Waals surface area contributed by atoms with Crippen molar-refractivity contribution in [3.8, 4) is 11.5 Å². The van der Waals surface area contributed by atoms with E-state index in [0.717, 1.165) is 22.6 Å². The maximum atomic E-state index is 12.2. The summed E-state index contributed by atoms with van der Waals surface area (Å²) < 4.78 is 47.1. The molecule has 0 aliphatic carbocycles. The van der Waals surface area contributed by atoms with Crippen LogP contribution < -0.4 is 14.8 Å². The lowest BCUT2D eigenvalue weighted by molar-refractivity contribution is -0.153. The van der Waals surface area contributed by atoms with E-state index in [0.29, 0.717) is 19.7 Å². The van der Waals surface area contributed by atoms with Gasteiger partial charge in [-0.05, 0) is 35.9 Å². The van der Waals surface area contributed by atoms with Gasteiger partial charge in [0.2, 0.25) is 0 Å². The standard InChI is InChI=1S/C22H21F3N2O2/c23-22(24,25)16-29-20-10-8-17(9-11-20)13-26-14-18-5-1-2-7-21(18)28-15-19-6-3-4-12-27-19/h1-12,26H,13-16H2. The molecular weight excluding hydrogens is 381 g/mol. The minimum atomic E-state index is -4.34. The number of aromatic nitrogens is 1. The van der Waals surface area contributed by atoms with Crippen LogP contribution in [0.1, 0.15) is 16.8 Å². The molecule has 0 aliphatic heterocycles. The highest BCUT2D eigenvalue weighted by molar-refractivity contribution is 5.33. The molecule has 0 atom stereocenters. The number of pyridine rings is 1. The first-order valence-corrected chi connectivity index (χ1v) is 9.09. The number of hydrogen-bond donors (Lipinski definition) is 1. The van der Waals surface area contributed by atoms with Gasteiger partial charge < -0.3 is 14.8 Å². The van der Waals surface area contributed by atoms with Crippen LogP contribution >= 0.6 is 0 Å². The molecule has 0 unspecified atom stereocenters. The van der Waals surface area contributed by atoms with Gasteiger partial charge in [0, 0.05) is 24.8 Å². The molecule has 1 aromatic heterocycles. The van der Waals surface area contributed by atoms with Gasteiger partial charge in [0.25, 0.3) is 0 Å². The second kappa shape index (κ2) is 9.93. The number of para-hydroxylation sites is 1. The molecular formula is C22H21F3N2O2. The highest BCUT2D eigenvalue weighted by atomic mass is 19.4. The lowest BCUT2D eigenvalue weighted by atomic mass is 10.2. The third kappa shape index (κ3) is 7.12. The van der Waals surface area contributed by atoms with Crippen molar-refractivity contribution in [1.82, 2.24) is 10.3 Å². The Morgan fingerprint density at radius 3 is 2.31 bits per heavy atom. The number of alkyl halides is 3. The van der Waals surface area contributed by atoms with Crippen molar-refractivity contribution < 1.29 is 22.6 Å². The van der Waals surface area contributed by atoms with Crippen LogP contribution in [-0.2, 0) is 19.7 Å². The van der Waals surface area contributed by atoms with Crippen molar-refractivity contribution in [3.63, 3.8) is 0 Å². The summed E-state index contributed by atoms with van der Waals surface area (Å²) in [6, 6.07) is 20.0. The number of hydrogen-bond acceptors (Lipinski definition) is 4. The third-order valence-electron chi connectivity index (χ3n) is 4.04. The lowest BCUT2D eigenvalue weighted by Gasteiger charge is -2.12. The number of nitrogens with zero attached hydrogens (tertiary/aromatic N) is 1. The SMILES string of the molecule is FC(F)(F)COc1ccc(CNCc2ccccc2OCc2ccccn2)cc1. The fourth-order valence-electron chi connectivity index (χ4n) is 2.64. The van der Waals surface area contributed by atoms with Crippen molar-refractivity contribution in [2.45, 2.75) is 25.9 Å². The van der Waals surface area contributed by atoms with E-state index in [1.807, 2.05) is 42.5 Å². The van der Waals surface area contributed by atoms with Gasteiger partial charge in [0.15, 0.2) is 6.61 Å². The molecule has 0 amide bonds. The third-order valence-corrected chi connectivity index (χ3v) is 4.04. The predicted molar refractivity (Wildman–Crippen MR) is 104 cm³/mol. The van der Waals surface area contributed by atoms with Crippen molar-refractivity contribution in [2.75, 3.05) is 6.61 Å². The van der Waals surface area contributed by atoms with Crippen LogP contribution in [-0.4, -0.2) is 17.8 Å². The van der Waals surface area contributed by atoms with E-state index in [9.17, 15) is 13.2 Å². The van der Waals surface area contributed by atoms with E-state index in [2.05, 4.69) is 10.3 Å². The molecule has 1 N–H and O–H groups in total. The monoisotopic (exact) mass is 402 g/mol. The van der Waals surface area contributed by atoms with Crippen molar-refractivity contribution in [3.05, 3.63) is 89.7 Å². The van der Waals surface area contributed by atoms with Crippen molar-refractivity contribution >= 4 is 0 Å². The molecule has 29 heavy (non-hydrogen) atoms. The fraction of sp³-hybridized carbons (Fsp3) is 0.227. The van der Waals surface area contributed by atoms with Gasteiger partial charge in [-0.3, -0.25) is 4.98 Å². The minimum Gasteiger partial charge on any atom is -0.487 e. The quantitative estimate of drug-likeness (QED) is 0.553. The Morgan fingerprint density at radius 2 is 1.59 bits per heavy atom. The average molecular weight is 402 g/mol. The molecule has 3 aromatic rings. The molecule has 7 heteroatoms. The normalized spacial score (nSPS) is 11.3. The van der Waals surface area contributed by atoms with E-state index in [-0.39, 0.29) is 5.75 Å². The van der Waals surface area contributed by atoms with Gasteiger partial charge in [-0.1, -0.05) is 36.4 Å². The Hall–Kier alpha value is -3.06. The average Bonchev–Trinajstić information content (AvgIpc) is 2.73. The number of benzene rings is 2. The van der Waals surface area contributed by atoms with E-state index < -0.39 is 12.8 Å². The molecule has 2 aromatic carbocycles. The Morgan fingerprint density at radius 1 is 0.828 bits per heavy atom. The van der Waals surface area contributed by atoms with Crippen LogP contribution in [0.4, 0.5) is 13.2 Å². The summed E-state index contributed by atoms with van der Waals surface area (Å²) in [5, 5.41) is 3.32. The Labute approximate surface area is 167 Å². The zero-order valence-corrected chi connectivity index (χ0v) is 15.7. The molecule has 0 radical (unpaired) electrons. The van der Waals surface area contributed by atoms with Gasteiger partial charge in [0.05, 0.1) is 5.69 Å². The molecule has 0 saturated heterocycles. The zero-order chi connectivity index (χ0) is 20.5. The van der Waals surface area contributed by atoms with Crippen LogP contribution in [0.5, 0.6) is 11.5 Å². The van der Waals surface area contributed by atoms with Crippen LogP contribution in [0.2, 0.25) is 0 Å². The molecule has 0 aliphatic rings. The summed E-state index contributed by atoms with van der Waals surface area (Å²) in [4.78, 5) is 4.25. The van der Waals surface area contributed by atoms with Crippen LogP contribution in [0.3, 0.4) is 0 Å². The number of rotatable bonds is 9. The predicted octanol–water partition coefficient (Wildman–Crippen LogP) is 4.89. The van der Waals surface area contributed by atoms with Crippen LogP contribution in [0.25, 0.3) is 0 Å². The Balaban J connectivity index is 1.49. The van der Waals surface area contributed by atoms with Gasteiger partial charge in [-0.25, -0.2) is 0 Å². The number of ether oxygens (including phenoxy) is 2. The van der Waals surface area contributed by atoms with Crippen molar-refractivity contribution in [2.24, 2.45) is 0 Å². The molecule has 3 rings (SSSR count). The Bertz CT molecular complexity index is 885. The summed E-state index contributed by atoms with van der Waals surface area (Å²) in [7, 11) is 0. The number of halogens is 3. The number of nitrogens with one attached hydrogen (secondary N) is 1. The largest absolute Gasteiger partial charge is 0.487 e. The van der Waals surface area contributed by atoms with Gasteiger partial charge in [-0.2, -0.15) is 13.2 Å². The zero-order valence-electron chi connectivity index (χ0n) is 15.7. The first-order valence-electron chi connectivity index (χ1n) is 9.09. The molecule has 4 nitrogen and oxygen atoms in total. The molecule has 0 saturated carbocycles. The summed E-state index contributed by atoms with van der Waals surface area (Å²) in [5.41, 5.74) is 2.80. The van der Waals surface area contributed by atoms with Crippen LogP contribution in [0.15, 0.2) is 72.9 Å².